The second-order valence-corrected chi connectivity index (χ2v) is 12.2. The highest BCUT2D eigenvalue weighted by molar-refractivity contribution is 5.93. The van der Waals surface area contributed by atoms with E-state index in [2.05, 4.69) is 0 Å². The molecule has 1 heterocycles. The first-order valence-electron chi connectivity index (χ1n) is 15.4. The smallest absolute Gasteiger partial charge is 0.416 e. The molecule has 0 saturated heterocycles. The molecule has 2 aliphatic rings. The number of ether oxygens (including phenoxy) is 1. The summed E-state index contributed by atoms with van der Waals surface area (Å²) in [5.41, 5.74) is 4.42. The average molecular weight is 664 g/mol. The zero-order valence-electron chi connectivity index (χ0n) is 26.7. The summed E-state index contributed by atoms with van der Waals surface area (Å²) in [4.78, 5) is 56.2. The molecule has 1 N–H and O–H groups in total. The maximum Gasteiger partial charge on any atom is 0.416 e. The molecule has 0 radical (unpaired) electrons. The van der Waals surface area contributed by atoms with Gasteiger partial charge in [0.25, 0.3) is 0 Å². The summed E-state index contributed by atoms with van der Waals surface area (Å²) in [7, 11) is 2.72. The molecule has 3 aromatic carbocycles. The monoisotopic (exact) mass is 663 g/mol. The highest BCUT2D eigenvalue weighted by Gasteiger charge is 2.40. The molecule has 1 aliphatic heterocycles. The standard InChI is InChI=1S/C36H36F3N3O6/c1-22-16-17-42(31(33(45)40(2)20-32(43)44)19-23-12-14-24(15-13-23)36(37,38)39)34(46)30(18-22)41(3)35(47)48-21-29-27-10-6-4-8-25(27)26-9-5-7-11-28(26)29/h4-16,29-31H,17-21H2,1-3H3,(H,43,44). The third kappa shape index (κ3) is 7.22. The first-order valence-corrected chi connectivity index (χ1v) is 15.4. The summed E-state index contributed by atoms with van der Waals surface area (Å²) in [6.07, 6.45) is -3.58. The number of hydrogen-bond donors (Lipinski definition) is 1. The molecule has 2 atom stereocenters. The third-order valence-corrected chi connectivity index (χ3v) is 8.93. The van der Waals surface area contributed by atoms with Crippen molar-refractivity contribution in [3.63, 3.8) is 0 Å². The normalized spacial score (nSPS) is 16.7. The highest BCUT2D eigenvalue weighted by atomic mass is 19.4. The predicted molar refractivity (Wildman–Crippen MR) is 171 cm³/mol. The zero-order valence-corrected chi connectivity index (χ0v) is 26.7. The lowest BCUT2D eigenvalue weighted by Gasteiger charge is -2.36. The van der Waals surface area contributed by atoms with E-state index in [1.807, 2.05) is 48.5 Å². The topological polar surface area (TPSA) is 107 Å². The first-order chi connectivity index (χ1) is 22.8. The van der Waals surface area contributed by atoms with E-state index in [4.69, 9.17) is 4.74 Å². The Morgan fingerprint density at radius 1 is 0.958 bits per heavy atom. The van der Waals surface area contributed by atoms with Crippen LogP contribution < -0.4 is 0 Å². The number of alkyl halides is 3. The maximum atomic E-state index is 14.2. The summed E-state index contributed by atoms with van der Waals surface area (Å²) >= 11 is 0. The molecule has 12 heteroatoms. The second-order valence-electron chi connectivity index (χ2n) is 12.2. The van der Waals surface area contributed by atoms with Gasteiger partial charge in [-0.2, -0.15) is 13.2 Å². The average Bonchev–Trinajstić information content (AvgIpc) is 3.29. The number of nitrogens with zero attached hydrogens (tertiary/aromatic N) is 3. The van der Waals surface area contributed by atoms with Crippen molar-refractivity contribution in [2.24, 2.45) is 0 Å². The first kappa shape index (κ1) is 34.2. The van der Waals surface area contributed by atoms with Gasteiger partial charge in [-0.3, -0.25) is 19.3 Å². The number of carbonyl (C=O) groups is 4. The van der Waals surface area contributed by atoms with E-state index in [9.17, 15) is 37.5 Å². The molecular weight excluding hydrogens is 627 g/mol. The number of likely N-dealkylation sites (N-methyl/N-ethyl adjacent to an activating group) is 2. The summed E-state index contributed by atoms with van der Waals surface area (Å²) in [6.45, 7) is 1.14. The number of carboxylic acid groups (broad SMARTS) is 1. The molecule has 252 valence electrons. The molecule has 9 nitrogen and oxygen atoms in total. The van der Waals surface area contributed by atoms with Gasteiger partial charge < -0.3 is 19.6 Å². The van der Waals surface area contributed by atoms with Crippen LogP contribution in [0.15, 0.2) is 84.4 Å². The van der Waals surface area contributed by atoms with E-state index in [1.165, 1.54) is 36.0 Å². The minimum atomic E-state index is -4.56. The van der Waals surface area contributed by atoms with Gasteiger partial charge in [0.1, 0.15) is 25.2 Å². The molecular formula is C36H36F3N3O6. The molecule has 0 spiro atoms. The number of hydrogen-bond acceptors (Lipinski definition) is 5. The van der Waals surface area contributed by atoms with Crippen molar-refractivity contribution >= 4 is 23.9 Å². The number of rotatable bonds is 9. The van der Waals surface area contributed by atoms with Crippen LogP contribution in [0.3, 0.4) is 0 Å². The lowest BCUT2D eigenvalue weighted by molar-refractivity contribution is -0.150. The van der Waals surface area contributed by atoms with Crippen LogP contribution in [0.5, 0.6) is 0 Å². The van der Waals surface area contributed by atoms with Crippen LogP contribution in [0, 0.1) is 0 Å². The summed E-state index contributed by atoms with van der Waals surface area (Å²) in [6, 6.07) is 17.7. The fourth-order valence-electron chi connectivity index (χ4n) is 6.34. The minimum absolute atomic E-state index is 0.0301. The van der Waals surface area contributed by atoms with Crippen molar-refractivity contribution < 1.29 is 42.2 Å². The lowest BCUT2D eigenvalue weighted by Crippen LogP contribution is -2.56. The van der Waals surface area contributed by atoms with Crippen molar-refractivity contribution in [3.05, 3.63) is 107 Å². The number of carboxylic acids is 1. The van der Waals surface area contributed by atoms with Crippen LogP contribution in [0.1, 0.15) is 41.5 Å². The van der Waals surface area contributed by atoms with Crippen molar-refractivity contribution in [1.29, 1.82) is 0 Å². The van der Waals surface area contributed by atoms with Gasteiger partial charge in [0.15, 0.2) is 0 Å². The molecule has 3 amide bonds. The van der Waals surface area contributed by atoms with E-state index in [1.54, 1.807) is 13.0 Å². The van der Waals surface area contributed by atoms with Crippen LogP contribution >= 0.6 is 0 Å². The Kier molecular flexibility index (Phi) is 9.92. The largest absolute Gasteiger partial charge is 0.480 e. The Bertz CT molecular complexity index is 1690. The molecule has 2 unspecified atom stereocenters. The van der Waals surface area contributed by atoms with Crippen molar-refractivity contribution in [1.82, 2.24) is 14.7 Å². The van der Waals surface area contributed by atoms with E-state index in [-0.39, 0.29) is 31.9 Å². The quantitative estimate of drug-likeness (QED) is 0.300. The number of benzene rings is 3. The van der Waals surface area contributed by atoms with Crippen molar-refractivity contribution in [2.45, 2.75) is 43.9 Å². The second kappa shape index (κ2) is 13.9. The van der Waals surface area contributed by atoms with Gasteiger partial charge in [0.05, 0.1) is 5.56 Å². The van der Waals surface area contributed by atoms with E-state index >= 15 is 0 Å². The lowest BCUT2D eigenvalue weighted by atomic mass is 9.98. The van der Waals surface area contributed by atoms with Gasteiger partial charge in [0, 0.05) is 33.0 Å². The SMILES string of the molecule is CC1=CCN(C(Cc2ccc(C(F)(F)F)cc2)C(=O)N(C)CC(=O)O)C(=O)C(N(C)C(=O)OCC2c3ccccc3-c3ccccc32)C1. The Hall–Kier alpha value is -5.13. The number of fused-ring (bicyclic) bond motifs is 3. The van der Waals surface area contributed by atoms with Crippen LogP contribution in [0.25, 0.3) is 11.1 Å². The summed E-state index contributed by atoms with van der Waals surface area (Å²) in [5, 5.41) is 9.32. The third-order valence-electron chi connectivity index (χ3n) is 8.93. The molecule has 48 heavy (non-hydrogen) atoms. The van der Waals surface area contributed by atoms with E-state index in [0.717, 1.165) is 44.9 Å². The van der Waals surface area contributed by atoms with E-state index < -0.39 is 54.2 Å². The fraction of sp³-hybridized carbons (Fsp3) is 0.333. The Morgan fingerprint density at radius 2 is 1.54 bits per heavy atom. The Labute approximate surface area is 276 Å². The molecule has 0 saturated carbocycles. The van der Waals surface area contributed by atoms with Gasteiger partial charge in [-0.15, -0.1) is 0 Å². The highest BCUT2D eigenvalue weighted by Crippen LogP contribution is 2.44. The number of halogens is 3. The minimum Gasteiger partial charge on any atom is -0.480 e. The van der Waals surface area contributed by atoms with Gasteiger partial charge in [-0.25, -0.2) is 4.79 Å². The van der Waals surface area contributed by atoms with Crippen molar-refractivity contribution in [2.75, 3.05) is 33.8 Å². The molecule has 0 bridgehead atoms. The van der Waals surface area contributed by atoms with E-state index in [0.29, 0.717) is 5.56 Å². The van der Waals surface area contributed by atoms with Crippen LogP contribution in [-0.2, 0) is 31.7 Å². The number of carbonyl (C=O) groups excluding carboxylic acids is 3. The maximum absolute atomic E-state index is 14.2. The fourth-order valence-corrected chi connectivity index (χ4v) is 6.34. The molecule has 0 aromatic heterocycles. The summed E-state index contributed by atoms with van der Waals surface area (Å²) < 4.78 is 45.4. The van der Waals surface area contributed by atoms with Crippen molar-refractivity contribution in [3.8, 4) is 11.1 Å². The molecule has 3 aromatic rings. The molecule has 5 rings (SSSR count). The van der Waals surface area contributed by atoms with Crippen LogP contribution in [-0.4, -0.2) is 89.6 Å². The number of amides is 3. The Balaban J connectivity index is 1.38. The van der Waals surface area contributed by atoms with Gasteiger partial charge >= 0.3 is 18.2 Å². The van der Waals surface area contributed by atoms with Gasteiger partial charge in [-0.1, -0.05) is 72.3 Å². The summed E-state index contributed by atoms with van der Waals surface area (Å²) in [5.74, 6) is -2.76. The van der Waals surface area contributed by atoms with Crippen LogP contribution in [0.4, 0.5) is 18.0 Å². The number of aliphatic carboxylic acids is 1. The van der Waals surface area contributed by atoms with Gasteiger partial charge in [0.2, 0.25) is 11.8 Å². The van der Waals surface area contributed by atoms with Gasteiger partial charge in [-0.05, 0) is 53.3 Å². The van der Waals surface area contributed by atoms with Crippen LogP contribution in [0.2, 0.25) is 0 Å². The molecule has 0 fully saturated rings. The molecule has 1 aliphatic carbocycles. The Morgan fingerprint density at radius 3 is 2.10 bits per heavy atom. The zero-order chi connectivity index (χ0) is 34.7. The predicted octanol–water partition coefficient (Wildman–Crippen LogP) is 5.59.